The Hall–Kier alpha value is -3.76. The molecule has 0 radical (unpaired) electrons. The number of nitrogens with one attached hydrogen (secondary N) is 2. The number of anilines is 1. The lowest BCUT2D eigenvalue weighted by Crippen LogP contribution is -2.33. The first-order chi connectivity index (χ1) is 16.1. The molecule has 0 aromatic heterocycles. The first-order valence-electron chi connectivity index (χ1n) is 10.2. The highest BCUT2D eigenvalue weighted by Gasteiger charge is 2.19. The van der Waals surface area contributed by atoms with Crippen molar-refractivity contribution in [3.63, 3.8) is 0 Å². The average molecular weight is 486 g/mol. The molecule has 0 bridgehead atoms. The summed E-state index contributed by atoms with van der Waals surface area (Å²) in [5.74, 6) is -0.875. The number of halogens is 1. The monoisotopic (exact) mass is 485 g/mol. The molecular weight excluding hydrogens is 461 g/mol. The Bertz CT molecular complexity index is 1280. The van der Waals surface area contributed by atoms with Crippen molar-refractivity contribution in [2.24, 2.45) is 0 Å². The van der Waals surface area contributed by atoms with Crippen molar-refractivity contribution in [3.8, 4) is 5.75 Å². The van der Waals surface area contributed by atoms with E-state index in [1.165, 1.54) is 50.5 Å². The van der Waals surface area contributed by atoms with Gasteiger partial charge in [0.1, 0.15) is 18.2 Å². The van der Waals surface area contributed by atoms with E-state index < -0.39 is 21.8 Å². The van der Waals surface area contributed by atoms with Gasteiger partial charge in [0.2, 0.25) is 15.9 Å². The molecule has 2 amide bonds. The van der Waals surface area contributed by atoms with Crippen LogP contribution in [0.4, 0.5) is 10.1 Å². The number of sulfonamides is 1. The van der Waals surface area contributed by atoms with Crippen LogP contribution in [0.3, 0.4) is 0 Å². The van der Waals surface area contributed by atoms with E-state index in [-0.39, 0.29) is 29.4 Å². The normalized spacial score (nSPS) is 11.2. The molecule has 0 aliphatic heterocycles. The van der Waals surface area contributed by atoms with Crippen LogP contribution in [0.1, 0.15) is 15.9 Å². The lowest BCUT2D eigenvalue weighted by molar-refractivity contribution is -0.115. The zero-order chi connectivity index (χ0) is 24.7. The van der Waals surface area contributed by atoms with Gasteiger partial charge < -0.3 is 15.4 Å². The Balaban J connectivity index is 1.54. The molecule has 0 aliphatic carbocycles. The van der Waals surface area contributed by atoms with E-state index in [4.69, 9.17) is 4.74 Å². The average Bonchev–Trinajstić information content (AvgIpc) is 2.82. The van der Waals surface area contributed by atoms with Crippen LogP contribution in [0.5, 0.6) is 5.75 Å². The molecule has 178 valence electrons. The summed E-state index contributed by atoms with van der Waals surface area (Å²) in [6.45, 7) is -0.0828. The molecule has 0 saturated heterocycles. The predicted molar refractivity (Wildman–Crippen MR) is 125 cm³/mol. The zero-order valence-electron chi connectivity index (χ0n) is 18.6. The third kappa shape index (κ3) is 6.63. The van der Waals surface area contributed by atoms with Gasteiger partial charge >= 0.3 is 0 Å². The Morgan fingerprint density at radius 2 is 1.68 bits per heavy atom. The van der Waals surface area contributed by atoms with Crippen LogP contribution < -0.4 is 15.4 Å². The highest BCUT2D eigenvalue weighted by molar-refractivity contribution is 7.89. The van der Waals surface area contributed by atoms with Crippen LogP contribution in [0.15, 0.2) is 77.7 Å². The maximum absolute atomic E-state index is 13.0. The topological polar surface area (TPSA) is 105 Å². The highest BCUT2D eigenvalue weighted by Crippen LogP contribution is 2.19. The summed E-state index contributed by atoms with van der Waals surface area (Å²) < 4.78 is 44.2. The summed E-state index contributed by atoms with van der Waals surface area (Å²) in [7, 11) is -0.892. The van der Waals surface area contributed by atoms with Crippen molar-refractivity contribution in [1.82, 2.24) is 9.62 Å². The highest BCUT2D eigenvalue weighted by atomic mass is 32.2. The molecule has 0 atom stereocenters. The fraction of sp³-hybridized carbons (Fsp3) is 0.167. The summed E-state index contributed by atoms with van der Waals surface area (Å²) >= 11 is 0. The smallest absolute Gasteiger partial charge is 0.251 e. The van der Waals surface area contributed by atoms with Crippen molar-refractivity contribution < 1.29 is 27.1 Å². The van der Waals surface area contributed by atoms with Crippen molar-refractivity contribution in [2.45, 2.75) is 11.5 Å². The van der Waals surface area contributed by atoms with Gasteiger partial charge in [-0.05, 0) is 48.0 Å². The van der Waals surface area contributed by atoms with Crippen molar-refractivity contribution in [3.05, 3.63) is 89.7 Å². The van der Waals surface area contributed by atoms with Gasteiger partial charge in [-0.25, -0.2) is 17.1 Å². The van der Waals surface area contributed by atoms with Gasteiger partial charge in [0, 0.05) is 31.4 Å². The van der Waals surface area contributed by atoms with E-state index in [9.17, 15) is 22.4 Å². The summed E-state index contributed by atoms with van der Waals surface area (Å²) in [6.07, 6.45) is 0. The maximum Gasteiger partial charge on any atom is 0.251 e. The number of amides is 2. The third-order valence-electron chi connectivity index (χ3n) is 4.72. The second-order valence-electron chi connectivity index (χ2n) is 7.49. The van der Waals surface area contributed by atoms with Crippen LogP contribution in [-0.4, -0.2) is 45.2 Å². The lowest BCUT2D eigenvalue weighted by atomic mass is 10.2. The molecule has 34 heavy (non-hydrogen) atoms. The molecule has 2 N–H and O–H groups in total. The largest absolute Gasteiger partial charge is 0.489 e. The number of nitrogens with zero attached hydrogens (tertiary/aromatic N) is 1. The van der Waals surface area contributed by atoms with Crippen molar-refractivity contribution in [2.75, 3.05) is 26.0 Å². The molecule has 10 heteroatoms. The fourth-order valence-electron chi connectivity index (χ4n) is 2.89. The van der Waals surface area contributed by atoms with E-state index >= 15 is 0 Å². The summed E-state index contributed by atoms with van der Waals surface area (Å²) in [6, 6.07) is 18.2. The lowest BCUT2D eigenvalue weighted by Gasteiger charge is -2.12. The maximum atomic E-state index is 13.0. The number of carbonyl (C=O) groups excluding carboxylic acids is 2. The quantitative estimate of drug-likeness (QED) is 0.485. The summed E-state index contributed by atoms with van der Waals surface area (Å²) in [5, 5.41) is 5.13. The van der Waals surface area contributed by atoms with Crippen molar-refractivity contribution in [1.29, 1.82) is 0 Å². The van der Waals surface area contributed by atoms with Gasteiger partial charge in [-0.3, -0.25) is 9.59 Å². The van der Waals surface area contributed by atoms with E-state index in [0.717, 1.165) is 9.87 Å². The molecule has 0 aliphatic rings. The van der Waals surface area contributed by atoms with E-state index in [2.05, 4.69) is 10.6 Å². The predicted octanol–water partition coefficient (Wildman–Crippen LogP) is 3.02. The molecule has 0 unspecified atom stereocenters. The molecule has 3 aromatic carbocycles. The second kappa shape index (κ2) is 10.9. The number of hydrogen-bond donors (Lipinski definition) is 2. The van der Waals surface area contributed by atoms with Crippen LogP contribution in [0.2, 0.25) is 0 Å². The molecule has 0 heterocycles. The Kier molecular flexibility index (Phi) is 7.98. The Morgan fingerprint density at radius 1 is 0.971 bits per heavy atom. The standard InChI is InChI=1S/C24H24FN3O5S/c1-28(2)34(31,32)22-8-3-5-18(13-22)24(30)26-15-23(29)27-20-6-4-7-21(14-20)33-16-17-9-11-19(25)12-10-17/h3-14H,15-16H2,1-2H3,(H,26,30)(H,27,29). The van der Waals surface area contributed by atoms with Crippen LogP contribution in [0.25, 0.3) is 0 Å². The summed E-state index contributed by atoms with van der Waals surface area (Å²) in [5.41, 5.74) is 1.38. The van der Waals surface area contributed by atoms with Crippen molar-refractivity contribution >= 4 is 27.5 Å². The molecule has 3 rings (SSSR count). The zero-order valence-corrected chi connectivity index (χ0v) is 19.4. The first kappa shape index (κ1) is 24.9. The van der Waals surface area contributed by atoms with E-state index in [1.54, 1.807) is 36.4 Å². The fourth-order valence-corrected chi connectivity index (χ4v) is 3.84. The number of carbonyl (C=O) groups is 2. The molecule has 3 aromatic rings. The second-order valence-corrected chi connectivity index (χ2v) is 9.64. The SMILES string of the molecule is CN(C)S(=O)(=O)c1cccc(C(=O)NCC(=O)Nc2cccc(OCc3ccc(F)cc3)c2)c1. The van der Waals surface area contributed by atoms with E-state index in [0.29, 0.717) is 11.4 Å². The van der Waals surface area contributed by atoms with Gasteiger partial charge in [-0.1, -0.05) is 24.3 Å². The van der Waals surface area contributed by atoms with Crippen LogP contribution in [-0.2, 0) is 21.4 Å². The minimum atomic E-state index is -3.69. The van der Waals surface area contributed by atoms with E-state index in [1.807, 2.05) is 0 Å². The van der Waals surface area contributed by atoms with Crippen LogP contribution >= 0.6 is 0 Å². The van der Waals surface area contributed by atoms with Gasteiger partial charge in [-0.15, -0.1) is 0 Å². The Labute approximate surface area is 197 Å². The Morgan fingerprint density at radius 3 is 2.38 bits per heavy atom. The minimum absolute atomic E-state index is 0.0212. The molecule has 0 spiro atoms. The van der Waals surface area contributed by atoms with Gasteiger partial charge in [-0.2, -0.15) is 0 Å². The number of hydrogen-bond acceptors (Lipinski definition) is 5. The van der Waals surface area contributed by atoms with Gasteiger partial charge in [0.15, 0.2) is 0 Å². The molecule has 8 nitrogen and oxygen atoms in total. The molecular formula is C24H24FN3O5S. The number of ether oxygens (including phenoxy) is 1. The molecule has 0 fully saturated rings. The van der Waals surface area contributed by atoms with Crippen LogP contribution in [0, 0.1) is 5.82 Å². The van der Waals surface area contributed by atoms with Gasteiger partial charge in [0.25, 0.3) is 5.91 Å². The first-order valence-corrected chi connectivity index (χ1v) is 11.7. The molecule has 0 saturated carbocycles. The summed E-state index contributed by atoms with van der Waals surface area (Å²) in [4.78, 5) is 24.7. The van der Waals surface area contributed by atoms with Gasteiger partial charge in [0.05, 0.1) is 11.4 Å². The number of benzene rings is 3. The minimum Gasteiger partial charge on any atom is -0.489 e. The third-order valence-corrected chi connectivity index (χ3v) is 6.53. The number of rotatable bonds is 9.